The molecule has 0 fully saturated rings. The molecule has 0 amide bonds. The number of nitrogens with zero attached hydrogens (tertiary/aromatic N) is 1. The third kappa shape index (κ3) is 1.26. The van der Waals surface area contributed by atoms with E-state index in [1.165, 1.54) is 0 Å². The van der Waals surface area contributed by atoms with Gasteiger partial charge in [-0.1, -0.05) is 27.7 Å². The smallest absolute Gasteiger partial charge is 0.170 e. The van der Waals surface area contributed by atoms with Gasteiger partial charge in [0.25, 0.3) is 0 Å². The highest BCUT2D eigenvalue weighted by atomic mass is 16.5. The van der Waals surface area contributed by atoms with Crippen LogP contribution in [-0.2, 0) is 4.74 Å². The number of ether oxygens (including phenoxy) is 1. The van der Waals surface area contributed by atoms with E-state index in [1.807, 2.05) is 0 Å². The second kappa shape index (κ2) is 2.84. The van der Waals surface area contributed by atoms with Crippen LogP contribution in [0.5, 0.6) is 0 Å². The Bertz CT molecular complexity index is 153. The fraction of sp³-hybridized carbons (Fsp3) is 0.889. The van der Waals surface area contributed by atoms with Gasteiger partial charge in [0.1, 0.15) is 12.1 Å². The number of hydrogen-bond acceptors (Lipinski definition) is 2. The van der Waals surface area contributed by atoms with Gasteiger partial charge in [-0.2, -0.15) is 0 Å². The second-order valence-electron chi connectivity index (χ2n) is 3.85. The van der Waals surface area contributed by atoms with E-state index >= 15 is 0 Å². The van der Waals surface area contributed by atoms with Gasteiger partial charge >= 0.3 is 0 Å². The van der Waals surface area contributed by atoms with Crippen LogP contribution in [0.2, 0.25) is 0 Å². The number of aliphatic imine (C=N–C) groups is 1. The minimum absolute atomic E-state index is 0.0417. The van der Waals surface area contributed by atoms with E-state index in [9.17, 15) is 0 Å². The summed E-state index contributed by atoms with van der Waals surface area (Å²) in [4.78, 5) is 4.42. The molecule has 2 heteroatoms. The monoisotopic (exact) mass is 155 g/mol. The summed E-state index contributed by atoms with van der Waals surface area (Å²) in [6, 6.07) is 0. The lowest BCUT2D eigenvalue weighted by molar-refractivity contribution is 0.161. The molecule has 11 heavy (non-hydrogen) atoms. The third-order valence-electron chi connectivity index (χ3n) is 2.68. The summed E-state index contributed by atoms with van der Waals surface area (Å²) in [7, 11) is 0. The van der Waals surface area contributed by atoms with Crippen molar-refractivity contribution < 1.29 is 4.74 Å². The zero-order valence-electron chi connectivity index (χ0n) is 7.79. The Morgan fingerprint density at radius 3 is 2.00 bits per heavy atom. The molecule has 0 spiro atoms. The maximum atomic E-state index is 5.19. The SMILES string of the molecule is CC(C)C1(C(C)C)COC=N1. The number of hydrogen-bond donors (Lipinski definition) is 0. The van der Waals surface area contributed by atoms with Crippen molar-refractivity contribution in [2.24, 2.45) is 16.8 Å². The minimum Gasteiger partial charge on any atom is -0.481 e. The second-order valence-corrected chi connectivity index (χ2v) is 3.85. The molecular weight excluding hydrogens is 138 g/mol. The molecule has 0 aliphatic carbocycles. The first kappa shape index (κ1) is 8.57. The molecule has 2 nitrogen and oxygen atoms in total. The van der Waals surface area contributed by atoms with E-state index in [2.05, 4.69) is 32.7 Å². The van der Waals surface area contributed by atoms with Gasteiger partial charge in [0.2, 0.25) is 0 Å². The first-order valence-electron chi connectivity index (χ1n) is 4.25. The molecule has 0 atom stereocenters. The van der Waals surface area contributed by atoms with Crippen molar-refractivity contribution >= 4 is 6.40 Å². The van der Waals surface area contributed by atoms with E-state index in [1.54, 1.807) is 6.40 Å². The summed E-state index contributed by atoms with van der Waals surface area (Å²) in [5.74, 6) is 1.11. The van der Waals surface area contributed by atoms with Crippen LogP contribution in [0.3, 0.4) is 0 Å². The Balaban J connectivity index is 2.80. The van der Waals surface area contributed by atoms with Gasteiger partial charge in [-0.3, -0.25) is 0 Å². The van der Waals surface area contributed by atoms with Crippen LogP contribution in [0.4, 0.5) is 0 Å². The summed E-state index contributed by atoms with van der Waals surface area (Å²) < 4.78 is 5.19. The lowest BCUT2D eigenvalue weighted by atomic mass is 9.78. The first-order chi connectivity index (χ1) is 5.09. The van der Waals surface area contributed by atoms with E-state index in [-0.39, 0.29) is 5.54 Å². The summed E-state index contributed by atoms with van der Waals surface area (Å²) in [5.41, 5.74) is 0.0417. The van der Waals surface area contributed by atoms with Crippen LogP contribution in [-0.4, -0.2) is 18.5 Å². The molecule has 0 N–H and O–H groups in total. The van der Waals surface area contributed by atoms with Crippen molar-refractivity contribution in [1.82, 2.24) is 0 Å². The Labute approximate surface area is 68.7 Å². The molecule has 1 aliphatic heterocycles. The molecule has 0 unspecified atom stereocenters. The van der Waals surface area contributed by atoms with Gasteiger partial charge in [0, 0.05) is 0 Å². The maximum absolute atomic E-state index is 5.19. The van der Waals surface area contributed by atoms with Gasteiger partial charge in [0.15, 0.2) is 6.40 Å². The fourth-order valence-corrected chi connectivity index (χ4v) is 1.64. The molecule has 64 valence electrons. The van der Waals surface area contributed by atoms with E-state index < -0.39 is 0 Å². The summed E-state index contributed by atoms with van der Waals surface area (Å²) in [6.45, 7) is 9.55. The largest absolute Gasteiger partial charge is 0.481 e. The maximum Gasteiger partial charge on any atom is 0.170 e. The molecule has 0 saturated heterocycles. The molecule has 0 aromatic carbocycles. The third-order valence-corrected chi connectivity index (χ3v) is 2.68. The quantitative estimate of drug-likeness (QED) is 0.598. The summed E-state index contributed by atoms with van der Waals surface area (Å²) in [6.07, 6.45) is 1.60. The van der Waals surface area contributed by atoms with Gasteiger partial charge in [-0.05, 0) is 11.8 Å². The minimum atomic E-state index is 0.0417. The first-order valence-corrected chi connectivity index (χ1v) is 4.25. The highest BCUT2D eigenvalue weighted by Crippen LogP contribution is 2.32. The van der Waals surface area contributed by atoms with Crippen LogP contribution in [0.1, 0.15) is 27.7 Å². The van der Waals surface area contributed by atoms with Crippen molar-refractivity contribution in [3.63, 3.8) is 0 Å². The predicted octanol–water partition coefficient (Wildman–Crippen LogP) is 2.10. The van der Waals surface area contributed by atoms with Crippen LogP contribution in [0.15, 0.2) is 4.99 Å². The van der Waals surface area contributed by atoms with Crippen LogP contribution < -0.4 is 0 Å². The zero-order chi connectivity index (χ0) is 8.48. The van der Waals surface area contributed by atoms with Gasteiger partial charge in [-0.15, -0.1) is 0 Å². The zero-order valence-corrected chi connectivity index (χ0v) is 7.79. The van der Waals surface area contributed by atoms with Crippen molar-refractivity contribution in [2.75, 3.05) is 6.61 Å². The molecule has 1 heterocycles. The Kier molecular flexibility index (Phi) is 2.21. The topological polar surface area (TPSA) is 21.6 Å². The average Bonchev–Trinajstić information content (AvgIpc) is 2.34. The van der Waals surface area contributed by atoms with E-state index in [0.29, 0.717) is 11.8 Å². The standard InChI is InChI=1S/C9H17NO/c1-7(2)9(8(3)4)5-11-6-10-9/h6-8H,5H2,1-4H3. The molecule has 0 bridgehead atoms. The molecule has 0 aromatic rings. The Morgan fingerprint density at radius 1 is 1.27 bits per heavy atom. The van der Waals surface area contributed by atoms with Crippen LogP contribution in [0, 0.1) is 11.8 Å². The summed E-state index contributed by atoms with van der Waals surface area (Å²) >= 11 is 0. The van der Waals surface area contributed by atoms with E-state index in [4.69, 9.17) is 4.74 Å². The molecule has 1 rings (SSSR count). The normalized spacial score (nSPS) is 21.3. The number of rotatable bonds is 2. The molecule has 0 radical (unpaired) electrons. The molecular formula is C9H17NO. The van der Waals surface area contributed by atoms with Gasteiger partial charge < -0.3 is 4.74 Å². The van der Waals surface area contributed by atoms with Crippen molar-refractivity contribution in [3.05, 3.63) is 0 Å². The van der Waals surface area contributed by atoms with Gasteiger partial charge in [0.05, 0.1) is 0 Å². The molecule has 0 aromatic heterocycles. The highest BCUT2D eigenvalue weighted by molar-refractivity contribution is 5.50. The Hall–Kier alpha value is -0.530. The molecule has 1 aliphatic rings. The lowest BCUT2D eigenvalue weighted by Gasteiger charge is -2.32. The van der Waals surface area contributed by atoms with E-state index in [0.717, 1.165) is 6.61 Å². The summed E-state index contributed by atoms with van der Waals surface area (Å²) in [5, 5.41) is 0. The highest BCUT2D eigenvalue weighted by Gasteiger charge is 2.39. The predicted molar refractivity (Wildman–Crippen MR) is 46.9 cm³/mol. The Morgan fingerprint density at radius 2 is 1.82 bits per heavy atom. The lowest BCUT2D eigenvalue weighted by Crippen LogP contribution is -2.40. The van der Waals surface area contributed by atoms with Crippen LogP contribution in [0.25, 0.3) is 0 Å². The van der Waals surface area contributed by atoms with Crippen LogP contribution >= 0.6 is 0 Å². The van der Waals surface area contributed by atoms with Crippen molar-refractivity contribution in [1.29, 1.82) is 0 Å². The average molecular weight is 155 g/mol. The van der Waals surface area contributed by atoms with Gasteiger partial charge in [-0.25, -0.2) is 4.99 Å². The molecule has 0 saturated carbocycles. The van der Waals surface area contributed by atoms with Crippen molar-refractivity contribution in [2.45, 2.75) is 33.2 Å². The fourth-order valence-electron chi connectivity index (χ4n) is 1.64. The van der Waals surface area contributed by atoms with Crippen molar-refractivity contribution in [3.8, 4) is 0 Å².